The zero-order valence-electron chi connectivity index (χ0n) is 25.2. The number of phenolic OH excluding ortho intramolecular Hbond substituents is 1. The van der Waals surface area contributed by atoms with Crippen LogP contribution in [0.2, 0.25) is 0 Å². The number of aryl methyl sites for hydroxylation is 1. The first-order chi connectivity index (χ1) is 22.4. The maximum Gasteiger partial charge on any atom is 0.258 e. The quantitative estimate of drug-likeness (QED) is 0.179. The van der Waals surface area contributed by atoms with Crippen molar-refractivity contribution in [3.05, 3.63) is 93.7 Å². The first kappa shape index (κ1) is 31.8. The van der Waals surface area contributed by atoms with E-state index in [9.17, 15) is 28.7 Å². The van der Waals surface area contributed by atoms with Gasteiger partial charge in [-0.3, -0.25) is 24.1 Å². The summed E-state index contributed by atoms with van der Waals surface area (Å²) in [4.78, 5) is 54.8. The van der Waals surface area contributed by atoms with E-state index < -0.39 is 57.0 Å². The molecule has 3 aromatic rings. The van der Waals surface area contributed by atoms with Gasteiger partial charge in [-0.15, -0.1) is 23.2 Å². The monoisotopic (exact) mass is 740 g/mol. The molecule has 47 heavy (non-hydrogen) atoms. The molecule has 4 amide bonds. The van der Waals surface area contributed by atoms with Crippen LogP contribution in [0.25, 0.3) is 0 Å². The number of alkyl halides is 2. The number of nitrogens with zero attached hydrogens (tertiary/aromatic N) is 2. The molecule has 12 heteroatoms. The van der Waals surface area contributed by atoms with Crippen LogP contribution < -0.4 is 14.5 Å². The molecule has 2 heterocycles. The van der Waals surface area contributed by atoms with Crippen molar-refractivity contribution in [2.24, 2.45) is 17.8 Å². The van der Waals surface area contributed by atoms with Crippen LogP contribution in [-0.2, 0) is 25.6 Å². The van der Waals surface area contributed by atoms with Crippen LogP contribution in [0.15, 0.2) is 76.8 Å². The summed E-state index contributed by atoms with van der Waals surface area (Å²) in [6.07, 6.45) is 2.50. The first-order valence-electron chi connectivity index (χ1n) is 15.1. The van der Waals surface area contributed by atoms with Crippen molar-refractivity contribution in [1.29, 1.82) is 0 Å². The topological polar surface area (TPSA) is 104 Å². The van der Waals surface area contributed by atoms with Gasteiger partial charge in [-0.1, -0.05) is 46.6 Å². The predicted octanol–water partition coefficient (Wildman–Crippen LogP) is 6.63. The van der Waals surface area contributed by atoms with Gasteiger partial charge >= 0.3 is 0 Å². The second-order valence-corrected chi connectivity index (χ2v) is 14.5. The van der Waals surface area contributed by atoms with Crippen LogP contribution in [0.3, 0.4) is 0 Å². The number of fused-ring (bicyclic) bond motifs is 4. The van der Waals surface area contributed by atoms with Gasteiger partial charge < -0.3 is 9.84 Å². The SMILES string of the molecule is CCc1ccc(N2C(=O)C3CC=C4C(CC5(Cl)C(=O)N(c6ccc(F)cc6)C(=O)C5(Cl)C4c4cc(Br)cc(OC)c4O)C3C2=O)cc1. The van der Waals surface area contributed by atoms with Crippen molar-refractivity contribution >= 4 is 74.1 Å². The molecule has 4 aliphatic rings. The van der Waals surface area contributed by atoms with Gasteiger partial charge in [0.15, 0.2) is 21.2 Å². The number of halogens is 4. The lowest BCUT2D eigenvalue weighted by atomic mass is 9.56. The van der Waals surface area contributed by atoms with Crippen LogP contribution in [0.4, 0.5) is 15.8 Å². The molecule has 6 atom stereocenters. The van der Waals surface area contributed by atoms with E-state index >= 15 is 0 Å². The highest BCUT2D eigenvalue weighted by Gasteiger charge is 2.77. The largest absolute Gasteiger partial charge is 0.504 e. The number of phenols is 1. The number of hydrogen-bond donors (Lipinski definition) is 1. The highest BCUT2D eigenvalue weighted by molar-refractivity contribution is 9.10. The molecule has 2 aliphatic carbocycles. The number of rotatable bonds is 5. The fourth-order valence-corrected chi connectivity index (χ4v) is 9.23. The van der Waals surface area contributed by atoms with E-state index in [1.165, 1.54) is 30.2 Å². The molecule has 1 N–H and O–H groups in total. The van der Waals surface area contributed by atoms with Gasteiger partial charge in [0.05, 0.1) is 30.3 Å². The molecule has 2 saturated heterocycles. The van der Waals surface area contributed by atoms with E-state index in [2.05, 4.69) is 15.9 Å². The van der Waals surface area contributed by atoms with Crippen LogP contribution in [0, 0.1) is 23.6 Å². The number of carbonyl (C=O) groups is 4. The molecule has 3 aromatic carbocycles. The molecule has 0 spiro atoms. The number of carbonyl (C=O) groups excluding carboxylic acids is 4. The van der Waals surface area contributed by atoms with Gasteiger partial charge in [0.2, 0.25) is 11.8 Å². The summed E-state index contributed by atoms with van der Waals surface area (Å²) in [7, 11) is 1.37. The summed E-state index contributed by atoms with van der Waals surface area (Å²) >= 11 is 18.2. The molecule has 8 nitrogen and oxygen atoms in total. The number of methoxy groups -OCH3 is 1. The third-order valence-electron chi connectivity index (χ3n) is 10.1. The molecule has 0 aromatic heterocycles. The third-order valence-corrected chi connectivity index (χ3v) is 12.0. The smallest absolute Gasteiger partial charge is 0.258 e. The summed E-state index contributed by atoms with van der Waals surface area (Å²) in [5, 5.41) is 11.5. The molecule has 2 aliphatic heterocycles. The molecular formula is C35H28BrCl2FN2O6. The summed E-state index contributed by atoms with van der Waals surface area (Å²) in [6, 6.07) is 15.1. The van der Waals surface area contributed by atoms with Gasteiger partial charge in [-0.2, -0.15) is 0 Å². The van der Waals surface area contributed by atoms with Crippen molar-refractivity contribution in [3.63, 3.8) is 0 Å². The molecule has 242 valence electrons. The number of allylic oxidation sites excluding steroid dienone is 2. The van der Waals surface area contributed by atoms with Crippen LogP contribution in [0.1, 0.15) is 36.8 Å². The van der Waals surface area contributed by atoms with E-state index in [4.69, 9.17) is 27.9 Å². The number of benzene rings is 3. The van der Waals surface area contributed by atoms with Gasteiger partial charge in [0.1, 0.15) is 5.82 Å². The van der Waals surface area contributed by atoms with E-state index in [1.54, 1.807) is 24.3 Å². The van der Waals surface area contributed by atoms with Crippen molar-refractivity contribution in [3.8, 4) is 11.5 Å². The highest BCUT2D eigenvalue weighted by atomic mass is 79.9. The second kappa shape index (κ2) is 11.2. The summed E-state index contributed by atoms with van der Waals surface area (Å²) in [6.45, 7) is 2.01. The number of amides is 4. The molecular weight excluding hydrogens is 714 g/mol. The zero-order valence-corrected chi connectivity index (χ0v) is 28.3. The van der Waals surface area contributed by atoms with Crippen molar-refractivity contribution < 1.29 is 33.4 Å². The van der Waals surface area contributed by atoms with E-state index in [0.717, 1.165) is 29.0 Å². The Bertz CT molecular complexity index is 1900. The number of aromatic hydroxyl groups is 1. The molecule has 0 radical (unpaired) electrons. The van der Waals surface area contributed by atoms with Crippen molar-refractivity contribution in [2.75, 3.05) is 16.9 Å². The molecule has 6 unspecified atom stereocenters. The minimum absolute atomic E-state index is 0.0642. The Labute approximate surface area is 288 Å². The number of imide groups is 2. The van der Waals surface area contributed by atoms with Crippen molar-refractivity contribution in [1.82, 2.24) is 0 Å². The number of anilines is 2. The summed E-state index contributed by atoms with van der Waals surface area (Å²) in [5.74, 6) is -7.00. The maximum absolute atomic E-state index is 14.5. The Morgan fingerprint density at radius 2 is 1.57 bits per heavy atom. The van der Waals surface area contributed by atoms with E-state index in [1.807, 2.05) is 19.1 Å². The van der Waals surface area contributed by atoms with Crippen LogP contribution >= 0.6 is 39.1 Å². The van der Waals surface area contributed by atoms with Gasteiger partial charge in [-0.05, 0) is 79.3 Å². The lowest BCUT2D eigenvalue weighted by Gasteiger charge is -2.50. The Morgan fingerprint density at radius 3 is 2.21 bits per heavy atom. The Morgan fingerprint density at radius 1 is 0.936 bits per heavy atom. The maximum atomic E-state index is 14.5. The Kier molecular flexibility index (Phi) is 7.57. The molecule has 1 saturated carbocycles. The lowest BCUT2D eigenvalue weighted by Crippen LogP contribution is -2.60. The second-order valence-electron chi connectivity index (χ2n) is 12.3. The Balaban J connectivity index is 1.41. The number of hydrogen-bond acceptors (Lipinski definition) is 6. The minimum Gasteiger partial charge on any atom is -0.504 e. The van der Waals surface area contributed by atoms with Gasteiger partial charge in [0, 0.05) is 16.0 Å². The summed E-state index contributed by atoms with van der Waals surface area (Å²) in [5.41, 5.74) is 2.22. The highest BCUT2D eigenvalue weighted by Crippen LogP contribution is 2.67. The molecule has 3 fully saturated rings. The molecule has 0 bridgehead atoms. The zero-order chi connectivity index (χ0) is 33.6. The predicted molar refractivity (Wildman–Crippen MR) is 177 cm³/mol. The fraction of sp³-hybridized carbons (Fsp3) is 0.314. The lowest BCUT2D eigenvalue weighted by molar-refractivity contribution is -0.125. The molecule has 7 rings (SSSR count). The minimum atomic E-state index is -2.19. The Hall–Kier alpha value is -3.73. The van der Waals surface area contributed by atoms with Gasteiger partial charge in [0.25, 0.3) is 11.8 Å². The summed E-state index contributed by atoms with van der Waals surface area (Å²) < 4.78 is 19.8. The first-order valence-corrected chi connectivity index (χ1v) is 16.7. The fourth-order valence-electron chi connectivity index (χ4n) is 7.85. The van der Waals surface area contributed by atoms with Crippen LogP contribution in [0.5, 0.6) is 11.5 Å². The number of ether oxygens (including phenoxy) is 1. The van der Waals surface area contributed by atoms with Crippen LogP contribution in [-0.4, -0.2) is 45.6 Å². The standard InChI is InChI=1S/C35H28BrCl2FN2O6/c1-3-17-4-8-20(9-5-17)40-30(43)23-13-12-22-25(27(23)31(40)44)16-34(37)32(45)41(21-10-6-19(39)7-11-21)33(46)35(34,38)28(22)24-14-18(36)15-26(47-2)29(24)42/h4-12,14-15,23,25,27-28,42H,3,13,16H2,1-2H3. The third kappa shape index (κ3) is 4.37. The van der Waals surface area contributed by atoms with Crippen molar-refractivity contribution in [2.45, 2.75) is 41.9 Å². The average Bonchev–Trinajstić information content (AvgIpc) is 3.40. The van der Waals surface area contributed by atoms with Gasteiger partial charge in [-0.25, -0.2) is 9.29 Å². The normalized spacial score (nSPS) is 29.9. The average molecular weight is 742 g/mol. The van der Waals surface area contributed by atoms with E-state index in [0.29, 0.717) is 15.7 Å². The van der Waals surface area contributed by atoms with E-state index in [-0.39, 0.29) is 41.5 Å².